The summed E-state index contributed by atoms with van der Waals surface area (Å²) >= 11 is -1.53. The number of ether oxygens (including phenoxy) is 2. The van der Waals surface area contributed by atoms with E-state index in [9.17, 15) is 4.21 Å². The van der Waals surface area contributed by atoms with Crippen LogP contribution >= 0.6 is 0 Å². The van der Waals surface area contributed by atoms with E-state index in [4.69, 9.17) is 13.7 Å². The van der Waals surface area contributed by atoms with Crippen LogP contribution in [0.4, 0.5) is 0 Å². The fourth-order valence-corrected chi connectivity index (χ4v) is 2.26. The Morgan fingerprint density at radius 2 is 1.70 bits per heavy atom. The highest BCUT2D eigenvalue weighted by Crippen LogP contribution is 2.28. The monoisotopic (exact) mass is 300 g/mol. The van der Waals surface area contributed by atoms with E-state index in [1.165, 1.54) is 7.11 Å². The van der Waals surface area contributed by atoms with Crippen LogP contribution in [0.5, 0.6) is 11.5 Å². The molecule has 0 aliphatic carbocycles. The van der Waals surface area contributed by atoms with Crippen molar-refractivity contribution in [1.29, 1.82) is 0 Å². The van der Waals surface area contributed by atoms with E-state index in [0.29, 0.717) is 29.6 Å². The zero-order chi connectivity index (χ0) is 14.8. The highest BCUT2D eigenvalue weighted by Gasteiger charge is 2.13. The lowest BCUT2D eigenvalue weighted by Gasteiger charge is -2.12. The summed E-state index contributed by atoms with van der Waals surface area (Å²) in [5.74, 6) is 1.29. The summed E-state index contributed by atoms with van der Waals surface area (Å²) in [5, 5.41) is 0. The third kappa shape index (κ3) is 5.51. The van der Waals surface area contributed by atoms with Gasteiger partial charge in [0.15, 0.2) is 11.1 Å². The summed E-state index contributed by atoms with van der Waals surface area (Å²) in [5.41, 5.74) is 0. The first kappa shape index (κ1) is 17.0. The van der Waals surface area contributed by atoms with Crippen molar-refractivity contribution in [2.45, 2.75) is 44.4 Å². The van der Waals surface area contributed by atoms with Crippen molar-refractivity contribution in [2.75, 3.05) is 20.3 Å². The molecule has 0 fully saturated rings. The highest BCUT2D eigenvalue weighted by atomic mass is 32.2. The van der Waals surface area contributed by atoms with Crippen molar-refractivity contribution in [3.8, 4) is 11.5 Å². The molecule has 1 unspecified atom stereocenters. The molecule has 1 aromatic rings. The first-order chi connectivity index (χ1) is 9.72. The molecule has 0 aliphatic rings. The van der Waals surface area contributed by atoms with Gasteiger partial charge in [-0.25, -0.2) is 4.21 Å². The molecule has 0 spiro atoms. The summed E-state index contributed by atoms with van der Waals surface area (Å²) in [6.45, 7) is 5.48. The second kappa shape index (κ2) is 9.77. The normalized spacial score (nSPS) is 12.2. The number of rotatable bonds is 10. The average Bonchev–Trinajstić information content (AvgIpc) is 2.48. The molecular weight excluding hydrogens is 276 g/mol. The molecule has 0 aromatic heterocycles. The first-order valence-corrected chi connectivity index (χ1v) is 8.16. The maximum atomic E-state index is 11.9. The maximum absolute atomic E-state index is 11.9. The largest absolute Gasteiger partial charge is 0.494 e. The molecule has 0 heterocycles. The van der Waals surface area contributed by atoms with E-state index in [-0.39, 0.29) is 0 Å². The predicted octanol–water partition coefficient (Wildman–Crippen LogP) is 3.71. The maximum Gasteiger partial charge on any atom is 0.192 e. The predicted molar refractivity (Wildman–Crippen MR) is 80.7 cm³/mol. The fourth-order valence-electron chi connectivity index (χ4n) is 1.58. The van der Waals surface area contributed by atoms with Gasteiger partial charge >= 0.3 is 0 Å². The van der Waals surface area contributed by atoms with Crippen molar-refractivity contribution in [3.05, 3.63) is 18.2 Å². The average molecular weight is 300 g/mol. The Balaban J connectivity index is 2.80. The lowest BCUT2D eigenvalue weighted by molar-refractivity contribution is 0.293. The highest BCUT2D eigenvalue weighted by molar-refractivity contribution is 7.80. The van der Waals surface area contributed by atoms with Gasteiger partial charge in [-0.1, -0.05) is 26.7 Å². The van der Waals surface area contributed by atoms with Crippen LogP contribution in [-0.2, 0) is 15.3 Å². The Hall–Kier alpha value is -1.07. The van der Waals surface area contributed by atoms with Crippen LogP contribution in [0.3, 0.4) is 0 Å². The van der Waals surface area contributed by atoms with E-state index in [2.05, 4.69) is 13.8 Å². The Morgan fingerprint density at radius 1 is 1.05 bits per heavy atom. The molecule has 1 atom stereocenters. The smallest absolute Gasteiger partial charge is 0.192 e. The lowest BCUT2D eigenvalue weighted by atomic mass is 10.3. The van der Waals surface area contributed by atoms with Gasteiger partial charge in [0.2, 0.25) is 0 Å². The van der Waals surface area contributed by atoms with E-state index < -0.39 is 11.1 Å². The molecule has 4 nitrogen and oxygen atoms in total. The summed E-state index contributed by atoms with van der Waals surface area (Å²) in [6, 6.07) is 5.37. The van der Waals surface area contributed by atoms with Crippen molar-refractivity contribution in [1.82, 2.24) is 0 Å². The van der Waals surface area contributed by atoms with Gasteiger partial charge in [-0.05, 0) is 25.0 Å². The number of benzene rings is 1. The summed E-state index contributed by atoms with van der Waals surface area (Å²) in [6.07, 6.45) is 4.10. The van der Waals surface area contributed by atoms with Crippen molar-refractivity contribution in [3.63, 3.8) is 0 Å². The molecule has 0 N–H and O–H groups in total. The van der Waals surface area contributed by atoms with Crippen LogP contribution in [0.25, 0.3) is 0 Å². The number of unbranched alkanes of at least 4 members (excludes halogenated alkanes) is 2. The minimum atomic E-state index is -1.53. The van der Waals surface area contributed by atoms with Gasteiger partial charge in [-0.15, -0.1) is 0 Å². The standard InChI is InChI=1S/C15H24O4S/c1-4-6-10-18-13-8-9-14(19-11-7-5-2)15(12-13)20(16)17-3/h8-9,12H,4-7,10-11H2,1-3H3. The molecule has 5 heteroatoms. The van der Waals surface area contributed by atoms with E-state index in [1.807, 2.05) is 6.07 Å². The van der Waals surface area contributed by atoms with Gasteiger partial charge in [0.1, 0.15) is 16.4 Å². The summed E-state index contributed by atoms with van der Waals surface area (Å²) in [4.78, 5) is 0.526. The zero-order valence-corrected chi connectivity index (χ0v) is 13.3. The molecule has 1 rings (SSSR count). The van der Waals surface area contributed by atoms with Crippen LogP contribution in [0, 0.1) is 0 Å². The minimum Gasteiger partial charge on any atom is -0.494 e. The van der Waals surface area contributed by atoms with Gasteiger partial charge in [0, 0.05) is 6.07 Å². The Bertz CT molecular complexity index is 420. The Kier molecular flexibility index (Phi) is 8.30. The number of hydrogen-bond donors (Lipinski definition) is 0. The van der Waals surface area contributed by atoms with Gasteiger partial charge in [-0.3, -0.25) is 4.18 Å². The minimum absolute atomic E-state index is 0.526. The molecule has 0 aliphatic heterocycles. The molecule has 0 saturated heterocycles. The molecule has 114 valence electrons. The topological polar surface area (TPSA) is 44.8 Å². The molecule has 0 amide bonds. The molecule has 0 bridgehead atoms. The quantitative estimate of drug-likeness (QED) is 0.618. The number of hydrogen-bond acceptors (Lipinski definition) is 4. The molecule has 1 aromatic carbocycles. The van der Waals surface area contributed by atoms with Crippen LogP contribution in [0.15, 0.2) is 23.1 Å². The summed E-state index contributed by atoms with van der Waals surface area (Å²) in [7, 11) is 1.41. The third-order valence-electron chi connectivity index (χ3n) is 2.77. The van der Waals surface area contributed by atoms with E-state index >= 15 is 0 Å². The van der Waals surface area contributed by atoms with Crippen LogP contribution in [0.1, 0.15) is 39.5 Å². The zero-order valence-electron chi connectivity index (χ0n) is 12.5. The molecule has 20 heavy (non-hydrogen) atoms. The van der Waals surface area contributed by atoms with E-state index in [1.54, 1.807) is 12.1 Å². The van der Waals surface area contributed by atoms with Crippen molar-refractivity contribution >= 4 is 11.1 Å². The second-order valence-electron chi connectivity index (χ2n) is 4.41. The lowest BCUT2D eigenvalue weighted by Crippen LogP contribution is -2.04. The Morgan fingerprint density at radius 3 is 2.30 bits per heavy atom. The van der Waals surface area contributed by atoms with Crippen molar-refractivity contribution < 1.29 is 17.9 Å². The molecular formula is C15H24O4S. The first-order valence-electron chi connectivity index (χ1n) is 7.08. The third-order valence-corrected chi connectivity index (χ3v) is 3.75. The second-order valence-corrected chi connectivity index (χ2v) is 5.66. The summed E-state index contributed by atoms with van der Waals surface area (Å²) < 4.78 is 28.1. The van der Waals surface area contributed by atoms with Gasteiger partial charge in [-0.2, -0.15) is 0 Å². The van der Waals surface area contributed by atoms with Crippen LogP contribution in [0.2, 0.25) is 0 Å². The fraction of sp³-hybridized carbons (Fsp3) is 0.600. The van der Waals surface area contributed by atoms with Gasteiger partial charge < -0.3 is 9.47 Å². The van der Waals surface area contributed by atoms with Gasteiger partial charge in [0.25, 0.3) is 0 Å². The van der Waals surface area contributed by atoms with Crippen LogP contribution in [-0.4, -0.2) is 24.5 Å². The Labute approximate surface area is 124 Å². The van der Waals surface area contributed by atoms with Crippen LogP contribution < -0.4 is 9.47 Å². The molecule has 0 saturated carbocycles. The van der Waals surface area contributed by atoms with Gasteiger partial charge in [0.05, 0.1) is 20.3 Å². The molecule has 0 radical (unpaired) electrons. The van der Waals surface area contributed by atoms with Crippen molar-refractivity contribution in [2.24, 2.45) is 0 Å². The SMILES string of the molecule is CCCCOc1ccc(OCCCC)c(S(=O)OC)c1. The van der Waals surface area contributed by atoms with E-state index in [0.717, 1.165) is 25.7 Å².